The zero-order valence-corrected chi connectivity index (χ0v) is 9.25. The van der Waals surface area contributed by atoms with Gasteiger partial charge in [-0.2, -0.15) is 0 Å². The number of aryl methyl sites for hydroxylation is 1. The molecule has 2 atom stereocenters. The lowest BCUT2D eigenvalue weighted by Gasteiger charge is -2.04. The Balaban J connectivity index is 2.26. The number of rotatable bonds is 2. The van der Waals surface area contributed by atoms with Crippen molar-refractivity contribution in [2.24, 2.45) is 11.1 Å². The van der Waals surface area contributed by atoms with E-state index in [1.165, 1.54) is 11.1 Å². The highest BCUT2D eigenvalue weighted by Gasteiger charge is 2.55. The summed E-state index contributed by atoms with van der Waals surface area (Å²) in [6.45, 7) is 6.69. The van der Waals surface area contributed by atoms with Crippen molar-refractivity contribution in [2.45, 2.75) is 39.2 Å². The molecule has 1 heteroatoms. The van der Waals surface area contributed by atoms with Gasteiger partial charge in [0.15, 0.2) is 0 Å². The molecule has 1 aromatic rings. The molecule has 76 valence electrons. The lowest BCUT2D eigenvalue weighted by Crippen LogP contribution is -2.06. The van der Waals surface area contributed by atoms with Gasteiger partial charge in [-0.1, -0.05) is 45.0 Å². The largest absolute Gasteiger partial charge is 0.327 e. The van der Waals surface area contributed by atoms with Crippen LogP contribution in [0.3, 0.4) is 0 Å². The molecule has 0 unspecified atom stereocenters. The fourth-order valence-electron chi connectivity index (χ4n) is 2.32. The molecule has 0 spiro atoms. The maximum absolute atomic E-state index is 6.07. The van der Waals surface area contributed by atoms with Gasteiger partial charge in [0, 0.05) is 12.0 Å². The first-order chi connectivity index (χ1) is 6.57. The second kappa shape index (κ2) is 3.09. The Bertz CT molecular complexity index is 341. The number of hydrogen-bond acceptors (Lipinski definition) is 1. The van der Waals surface area contributed by atoms with E-state index in [1.54, 1.807) is 0 Å². The van der Waals surface area contributed by atoms with E-state index in [9.17, 15) is 0 Å². The van der Waals surface area contributed by atoms with E-state index in [4.69, 9.17) is 5.73 Å². The maximum Gasteiger partial charge on any atom is 0.0172 e. The molecule has 0 saturated heterocycles. The van der Waals surface area contributed by atoms with Gasteiger partial charge in [-0.25, -0.2) is 0 Å². The van der Waals surface area contributed by atoms with Gasteiger partial charge in [-0.05, 0) is 23.0 Å². The standard InChI is InChI=1S/C13H19N/c1-4-9-6-5-7-10(8-9)11-12(14)13(11,2)3/h5-8,11-12H,4,14H2,1-3H3/t11-,12-/m0/s1. The fourth-order valence-corrected chi connectivity index (χ4v) is 2.32. The van der Waals surface area contributed by atoms with Crippen molar-refractivity contribution in [3.63, 3.8) is 0 Å². The predicted octanol–water partition coefficient (Wildman–Crippen LogP) is 2.70. The molecule has 1 aromatic carbocycles. The van der Waals surface area contributed by atoms with Crippen LogP contribution in [-0.4, -0.2) is 6.04 Å². The molecule has 1 aliphatic carbocycles. The molecule has 1 aliphatic rings. The van der Waals surface area contributed by atoms with Crippen molar-refractivity contribution in [3.8, 4) is 0 Å². The highest BCUT2D eigenvalue weighted by Crippen LogP contribution is 2.57. The molecule has 0 heterocycles. The first kappa shape index (κ1) is 9.72. The van der Waals surface area contributed by atoms with Crippen LogP contribution in [0.1, 0.15) is 37.8 Å². The summed E-state index contributed by atoms with van der Waals surface area (Å²) < 4.78 is 0. The molecule has 0 aromatic heterocycles. The Morgan fingerprint density at radius 2 is 2.00 bits per heavy atom. The minimum absolute atomic E-state index is 0.298. The van der Waals surface area contributed by atoms with Gasteiger partial charge in [0.1, 0.15) is 0 Å². The molecule has 2 N–H and O–H groups in total. The van der Waals surface area contributed by atoms with Gasteiger partial charge >= 0.3 is 0 Å². The summed E-state index contributed by atoms with van der Waals surface area (Å²) in [6.07, 6.45) is 1.11. The Morgan fingerprint density at radius 1 is 1.36 bits per heavy atom. The van der Waals surface area contributed by atoms with Gasteiger partial charge in [0.25, 0.3) is 0 Å². The van der Waals surface area contributed by atoms with Crippen LogP contribution in [0, 0.1) is 5.41 Å². The third-order valence-corrected chi connectivity index (χ3v) is 3.63. The lowest BCUT2D eigenvalue weighted by atomic mass is 10.0. The van der Waals surface area contributed by atoms with E-state index in [1.807, 2.05) is 0 Å². The summed E-state index contributed by atoms with van der Waals surface area (Å²) in [7, 11) is 0. The van der Waals surface area contributed by atoms with Crippen LogP contribution in [0.15, 0.2) is 24.3 Å². The van der Waals surface area contributed by atoms with E-state index in [2.05, 4.69) is 45.0 Å². The molecular weight excluding hydrogens is 170 g/mol. The van der Waals surface area contributed by atoms with E-state index in [-0.39, 0.29) is 0 Å². The monoisotopic (exact) mass is 189 g/mol. The van der Waals surface area contributed by atoms with Crippen LogP contribution < -0.4 is 5.73 Å². The first-order valence-corrected chi connectivity index (χ1v) is 5.41. The van der Waals surface area contributed by atoms with Crippen LogP contribution in [-0.2, 0) is 6.42 Å². The Hall–Kier alpha value is -0.820. The van der Waals surface area contributed by atoms with Crippen molar-refractivity contribution in [3.05, 3.63) is 35.4 Å². The maximum atomic E-state index is 6.07. The molecule has 14 heavy (non-hydrogen) atoms. The van der Waals surface area contributed by atoms with Crippen LogP contribution in [0.25, 0.3) is 0 Å². The van der Waals surface area contributed by atoms with Crippen LogP contribution >= 0.6 is 0 Å². The summed E-state index contributed by atoms with van der Waals surface area (Å²) in [5, 5.41) is 0. The molecular formula is C13H19N. The third-order valence-electron chi connectivity index (χ3n) is 3.63. The molecule has 2 rings (SSSR count). The van der Waals surface area contributed by atoms with Gasteiger partial charge in [0.2, 0.25) is 0 Å². The van der Waals surface area contributed by atoms with Crippen molar-refractivity contribution in [1.29, 1.82) is 0 Å². The van der Waals surface area contributed by atoms with Crippen LogP contribution in [0.5, 0.6) is 0 Å². The smallest absolute Gasteiger partial charge is 0.0172 e. The quantitative estimate of drug-likeness (QED) is 0.760. The normalized spacial score (nSPS) is 28.9. The van der Waals surface area contributed by atoms with Crippen LogP contribution in [0.2, 0.25) is 0 Å². The summed E-state index contributed by atoms with van der Waals surface area (Å²) in [5.41, 5.74) is 9.20. The average molecular weight is 189 g/mol. The van der Waals surface area contributed by atoms with Crippen molar-refractivity contribution in [2.75, 3.05) is 0 Å². The van der Waals surface area contributed by atoms with Gasteiger partial charge in [-0.15, -0.1) is 0 Å². The summed E-state index contributed by atoms with van der Waals surface area (Å²) in [5.74, 6) is 0.564. The van der Waals surface area contributed by atoms with Gasteiger partial charge < -0.3 is 5.73 Å². The molecule has 0 radical (unpaired) electrons. The molecule has 0 amide bonds. The van der Waals surface area contributed by atoms with Gasteiger partial charge in [0.05, 0.1) is 0 Å². The topological polar surface area (TPSA) is 26.0 Å². The zero-order chi connectivity index (χ0) is 10.3. The second-order valence-corrected chi connectivity index (χ2v) is 4.92. The van der Waals surface area contributed by atoms with Crippen molar-refractivity contribution >= 4 is 0 Å². The highest BCUT2D eigenvalue weighted by molar-refractivity contribution is 5.36. The number of benzene rings is 1. The highest BCUT2D eigenvalue weighted by atomic mass is 14.8. The van der Waals surface area contributed by atoms with Crippen molar-refractivity contribution in [1.82, 2.24) is 0 Å². The Labute approximate surface area is 86.3 Å². The third kappa shape index (κ3) is 1.36. The Morgan fingerprint density at radius 3 is 2.50 bits per heavy atom. The Kier molecular flexibility index (Phi) is 2.15. The number of hydrogen-bond donors (Lipinski definition) is 1. The molecule has 0 bridgehead atoms. The van der Waals surface area contributed by atoms with Gasteiger partial charge in [-0.3, -0.25) is 0 Å². The van der Waals surface area contributed by atoms with E-state index in [0.717, 1.165) is 6.42 Å². The molecule has 1 fully saturated rings. The molecule has 1 nitrogen and oxygen atoms in total. The number of nitrogens with two attached hydrogens (primary N) is 1. The van der Waals surface area contributed by atoms with E-state index >= 15 is 0 Å². The zero-order valence-electron chi connectivity index (χ0n) is 9.25. The summed E-state index contributed by atoms with van der Waals surface area (Å²) in [6, 6.07) is 9.19. The summed E-state index contributed by atoms with van der Waals surface area (Å²) >= 11 is 0. The molecule has 1 saturated carbocycles. The van der Waals surface area contributed by atoms with Crippen molar-refractivity contribution < 1.29 is 0 Å². The minimum atomic E-state index is 0.298. The second-order valence-electron chi connectivity index (χ2n) is 4.92. The minimum Gasteiger partial charge on any atom is -0.327 e. The van der Waals surface area contributed by atoms with E-state index in [0.29, 0.717) is 17.4 Å². The SMILES string of the molecule is CCc1cccc([C@H]2[C@H](N)C2(C)C)c1. The lowest BCUT2D eigenvalue weighted by molar-refractivity contribution is 0.599. The predicted molar refractivity (Wildman–Crippen MR) is 60.3 cm³/mol. The van der Waals surface area contributed by atoms with Crippen LogP contribution in [0.4, 0.5) is 0 Å². The van der Waals surface area contributed by atoms with E-state index < -0.39 is 0 Å². The molecule has 0 aliphatic heterocycles. The summed E-state index contributed by atoms with van der Waals surface area (Å²) in [4.78, 5) is 0. The average Bonchev–Trinajstić information content (AvgIpc) is 2.66. The fraction of sp³-hybridized carbons (Fsp3) is 0.538. The first-order valence-electron chi connectivity index (χ1n) is 5.41.